The number of benzene rings is 1. The standard InChI is InChI=1S/C13H19FN2O/c1-8(2)4-12(15)13(17)16-11-6-9(3)5-10(14)7-11/h5-8,12H,4,15H2,1-3H3,(H,16,17). The molecule has 1 aromatic carbocycles. The zero-order valence-electron chi connectivity index (χ0n) is 10.5. The van der Waals surface area contributed by atoms with E-state index in [2.05, 4.69) is 5.32 Å². The molecule has 0 bridgehead atoms. The first-order valence-electron chi connectivity index (χ1n) is 5.72. The Morgan fingerprint density at radius 1 is 1.41 bits per heavy atom. The van der Waals surface area contributed by atoms with Gasteiger partial charge in [-0.15, -0.1) is 0 Å². The van der Waals surface area contributed by atoms with Crippen molar-refractivity contribution in [3.05, 3.63) is 29.6 Å². The SMILES string of the molecule is Cc1cc(F)cc(NC(=O)C(N)CC(C)C)c1. The predicted octanol–water partition coefficient (Wildman–Crippen LogP) is 2.45. The van der Waals surface area contributed by atoms with Crippen LogP contribution in [0.5, 0.6) is 0 Å². The van der Waals surface area contributed by atoms with Gasteiger partial charge in [-0.05, 0) is 43.0 Å². The van der Waals surface area contributed by atoms with Crippen LogP contribution in [0, 0.1) is 18.7 Å². The summed E-state index contributed by atoms with van der Waals surface area (Å²) < 4.78 is 13.1. The molecule has 1 atom stereocenters. The van der Waals surface area contributed by atoms with E-state index in [1.54, 1.807) is 13.0 Å². The summed E-state index contributed by atoms with van der Waals surface area (Å²) in [6, 6.07) is 3.85. The van der Waals surface area contributed by atoms with Crippen LogP contribution < -0.4 is 11.1 Å². The molecule has 94 valence electrons. The first-order valence-corrected chi connectivity index (χ1v) is 5.72. The maximum Gasteiger partial charge on any atom is 0.241 e. The quantitative estimate of drug-likeness (QED) is 0.846. The summed E-state index contributed by atoms with van der Waals surface area (Å²) in [4.78, 5) is 11.7. The lowest BCUT2D eigenvalue weighted by atomic mass is 10.0. The zero-order chi connectivity index (χ0) is 13.0. The Hall–Kier alpha value is -1.42. The highest BCUT2D eigenvalue weighted by molar-refractivity contribution is 5.94. The molecule has 0 saturated heterocycles. The molecule has 3 N–H and O–H groups in total. The molecular formula is C13H19FN2O. The Morgan fingerprint density at radius 3 is 2.59 bits per heavy atom. The fraction of sp³-hybridized carbons (Fsp3) is 0.462. The maximum atomic E-state index is 13.1. The van der Waals surface area contributed by atoms with Gasteiger partial charge >= 0.3 is 0 Å². The number of hydrogen-bond acceptors (Lipinski definition) is 2. The van der Waals surface area contributed by atoms with E-state index in [0.29, 0.717) is 18.0 Å². The van der Waals surface area contributed by atoms with Crippen molar-refractivity contribution >= 4 is 11.6 Å². The Balaban J connectivity index is 2.67. The molecule has 0 saturated carbocycles. The summed E-state index contributed by atoms with van der Waals surface area (Å²) in [5.74, 6) is -0.286. The first kappa shape index (κ1) is 13.6. The topological polar surface area (TPSA) is 55.1 Å². The highest BCUT2D eigenvalue weighted by Gasteiger charge is 2.15. The van der Waals surface area contributed by atoms with Crippen LogP contribution in [-0.4, -0.2) is 11.9 Å². The van der Waals surface area contributed by atoms with Gasteiger partial charge in [0, 0.05) is 5.69 Å². The molecule has 0 radical (unpaired) electrons. The third kappa shape index (κ3) is 4.53. The lowest BCUT2D eigenvalue weighted by Crippen LogP contribution is -2.36. The van der Waals surface area contributed by atoms with E-state index in [0.717, 1.165) is 5.56 Å². The summed E-state index contributed by atoms with van der Waals surface area (Å²) in [6.45, 7) is 5.77. The molecule has 0 aliphatic rings. The van der Waals surface area contributed by atoms with Gasteiger partial charge in [-0.25, -0.2) is 4.39 Å². The van der Waals surface area contributed by atoms with Crippen LogP contribution in [0.3, 0.4) is 0 Å². The largest absolute Gasteiger partial charge is 0.325 e. The number of nitrogens with one attached hydrogen (secondary N) is 1. The number of aryl methyl sites for hydroxylation is 1. The van der Waals surface area contributed by atoms with Crippen LogP contribution in [0.2, 0.25) is 0 Å². The van der Waals surface area contributed by atoms with Crippen molar-refractivity contribution in [2.75, 3.05) is 5.32 Å². The molecule has 17 heavy (non-hydrogen) atoms. The van der Waals surface area contributed by atoms with Gasteiger partial charge in [0.05, 0.1) is 6.04 Å². The van der Waals surface area contributed by atoms with E-state index in [-0.39, 0.29) is 11.7 Å². The second-order valence-electron chi connectivity index (χ2n) is 4.74. The molecule has 1 rings (SSSR count). The number of hydrogen-bond donors (Lipinski definition) is 2. The minimum absolute atomic E-state index is 0.274. The smallest absolute Gasteiger partial charge is 0.241 e. The minimum atomic E-state index is -0.557. The lowest BCUT2D eigenvalue weighted by molar-refractivity contribution is -0.117. The average molecular weight is 238 g/mol. The number of nitrogens with two attached hydrogens (primary N) is 1. The number of anilines is 1. The molecular weight excluding hydrogens is 219 g/mol. The molecule has 4 heteroatoms. The molecule has 1 unspecified atom stereocenters. The highest BCUT2D eigenvalue weighted by atomic mass is 19.1. The Labute approximate surface area is 101 Å². The van der Waals surface area contributed by atoms with Crippen molar-refractivity contribution in [3.63, 3.8) is 0 Å². The van der Waals surface area contributed by atoms with Crippen LogP contribution >= 0.6 is 0 Å². The number of carbonyl (C=O) groups is 1. The van der Waals surface area contributed by atoms with Gasteiger partial charge in [-0.1, -0.05) is 13.8 Å². The minimum Gasteiger partial charge on any atom is -0.325 e. The van der Waals surface area contributed by atoms with Gasteiger partial charge in [-0.2, -0.15) is 0 Å². The van der Waals surface area contributed by atoms with Gasteiger partial charge in [0.25, 0.3) is 0 Å². The van der Waals surface area contributed by atoms with Crippen LogP contribution in [0.15, 0.2) is 18.2 Å². The second-order valence-corrected chi connectivity index (χ2v) is 4.74. The first-order chi connectivity index (χ1) is 7.88. The van der Waals surface area contributed by atoms with Crippen molar-refractivity contribution in [2.45, 2.75) is 33.2 Å². The normalized spacial score (nSPS) is 12.6. The van der Waals surface area contributed by atoms with Gasteiger partial charge < -0.3 is 11.1 Å². The Kier molecular flexibility index (Phi) is 4.63. The van der Waals surface area contributed by atoms with Crippen LogP contribution in [0.4, 0.5) is 10.1 Å². The fourth-order valence-electron chi connectivity index (χ4n) is 1.66. The molecule has 1 aromatic rings. The molecule has 0 aliphatic carbocycles. The average Bonchev–Trinajstić information content (AvgIpc) is 2.14. The molecule has 0 aromatic heterocycles. The third-order valence-corrected chi connectivity index (χ3v) is 2.37. The Morgan fingerprint density at radius 2 is 2.06 bits per heavy atom. The zero-order valence-corrected chi connectivity index (χ0v) is 10.5. The van der Waals surface area contributed by atoms with Crippen molar-refractivity contribution in [2.24, 2.45) is 11.7 Å². The molecule has 3 nitrogen and oxygen atoms in total. The molecule has 0 spiro atoms. The molecule has 0 fully saturated rings. The Bertz CT molecular complexity index is 384. The van der Waals surface area contributed by atoms with Gasteiger partial charge in [-0.3, -0.25) is 4.79 Å². The summed E-state index contributed by atoms with van der Waals surface area (Å²) in [5.41, 5.74) is 6.95. The van der Waals surface area contributed by atoms with Crippen molar-refractivity contribution in [1.29, 1.82) is 0 Å². The van der Waals surface area contributed by atoms with E-state index in [1.165, 1.54) is 12.1 Å². The van der Waals surface area contributed by atoms with E-state index in [1.807, 2.05) is 13.8 Å². The maximum absolute atomic E-state index is 13.1. The molecule has 1 amide bonds. The van der Waals surface area contributed by atoms with E-state index in [4.69, 9.17) is 5.73 Å². The van der Waals surface area contributed by atoms with Gasteiger partial charge in [0.2, 0.25) is 5.91 Å². The van der Waals surface area contributed by atoms with Crippen LogP contribution in [-0.2, 0) is 4.79 Å². The highest BCUT2D eigenvalue weighted by Crippen LogP contribution is 2.14. The fourth-order valence-corrected chi connectivity index (χ4v) is 1.66. The van der Waals surface area contributed by atoms with Gasteiger partial charge in [0.15, 0.2) is 0 Å². The van der Waals surface area contributed by atoms with Crippen LogP contribution in [0.1, 0.15) is 25.8 Å². The number of halogens is 1. The van der Waals surface area contributed by atoms with E-state index >= 15 is 0 Å². The van der Waals surface area contributed by atoms with Crippen molar-refractivity contribution < 1.29 is 9.18 Å². The summed E-state index contributed by atoms with van der Waals surface area (Å²) >= 11 is 0. The van der Waals surface area contributed by atoms with Gasteiger partial charge in [0.1, 0.15) is 5.82 Å². The van der Waals surface area contributed by atoms with Crippen LogP contribution in [0.25, 0.3) is 0 Å². The monoisotopic (exact) mass is 238 g/mol. The lowest BCUT2D eigenvalue weighted by Gasteiger charge is -2.14. The van der Waals surface area contributed by atoms with E-state index in [9.17, 15) is 9.18 Å². The summed E-state index contributed by atoms with van der Waals surface area (Å²) in [5, 5.41) is 2.62. The molecule has 0 aliphatic heterocycles. The predicted molar refractivity (Wildman–Crippen MR) is 67.2 cm³/mol. The third-order valence-electron chi connectivity index (χ3n) is 2.37. The van der Waals surface area contributed by atoms with E-state index < -0.39 is 6.04 Å². The summed E-state index contributed by atoms with van der Waals surface area (Å²) in [6.07, 6.45) is 0.611. The summed E-state index contributed by atoms with van der Waals surface area (Å²) in [7, 11) is 0. The number of rotatable bonds is 4. The number of amides is 1. The number of carbonyl (C=O) groups excluding carboxylic acids is 1. The molecule has 0 heterocycles. The van der Waals surface area contributed by atoms with Crippen molar-refractivity contribution in [1.82, 2.24) is 0 Å². The van der Waals surface area contributed by atoms with Crippen molar-refractivity contribution in [3.8, 4) is 0 Å². The second kappa shape index (κ2) is 5.77.